The Morgan fingerprint density at radius 1 is 0.645 bits per heavy atom. The highest BCUT2D eigenvalue weighted by Gasteiger charge is 2.39. The van der Waals surface area contributed by atoms with Gasteiger partial charge >= 0.3 is 5.97 Å². The number of thioether (sulfide) groups is 1. The molecule has 1 aliphatic rings. The molecule has 1 heterocycles. The molecule has 0 unspecified atom stereocenters. The highest BCUT2D eigenvalue weighted by atomic mass is 32.2. The molecule has 0 aromatic carbocycles. The van der Waals surface area contributed by atoms with Crippen LogP contribution in [0.4, 0.5) is 0 Å². The number of nitrogens with one attached hydrogen (secondary N) is 9. The number of nitrogens with zero attached hydrogens (tertiary/aromatic N) is 2. The molecule has 11 amide bonds. The minimum absolute atomic E-state index is 0.0529. The van der Waals surface area contributed by atoms with E-state index in [0.29, 0.717) is 25.1 Å². The maximum Gasteiger partial charge on any atom is 0.326 e. The average molecular weight is 1150 g/mol. The first-order chi connectivity index (χ1) is 35.7. The van der Waals surface area contributed by atoms with Crippen molar-refractivity contribution in [3.63, 3.8) is 0 Å². The minimum atomic E-state index is -1.69. The average Bonchev–Trinajstić information content (AvgIpc) is 3.86. The number of primary amides is 1. The Labute approximate surface area is 462 Å². The van der Waals surface area contributed by atoms with Crippen LogP contribution in [-0.2, 0) is 57.5 Å². The van der Waals surface area contributed by atoms with Gasteiger partial charge in [-0.3, -0.25) is 57.7 Å². The molecule has 0 aromatic rings. The molecule has 0 spiro atoms. The second-order valence-electron chi connectivity index (χ2n) is 18.4. The smallest absolute Gasteiger partial charge is 0.326 e. The molecule has 0 aliphatic carbocycles. The highest BCUT2D eigenvalue weighted by molar-refractivity contribution is 7.98. The van der Waals surface area contributed by atoms with E-state index in [9.17, 15) is 62.6 Å². The molecule has 28 nitrogen and oxygen atoms in total. The van der Waals surface area contributed by atoms with E-state index >= 15 is 0 Å². The van der Waals surface area contributed by atoms with Gasteiger partial charge in [-0.05, 0) is 62.4 Å². The van der Waals surface area contributed by atoms with E-state index in [1.54, 1.807) is 20.1 Å². The Morgan fingerprint density at radius 3 is 1.63 bits per heavy atom. The summed E-state index contributed by atoms with van der Waals surface area (Å²) in [6.45, 7) is 6.27. The number of nitrogens with two attached hydrogens (primary N) is 4. The number of hydrogen-bond acceptors (Lipinski definition) is 18. The summed E-state index contributed by atoms with van der Waals surface area (Å²) < 4.78 is 0. The molecule has 0 aromatic heterocycles. The van der Waals surface area contributed by atoms with E-state index in [-0.39, 0.29) is 73.2 Å². The topological polar surface area (TPSA) is 453 Å². The summed E-state index contributed by atoms with van der Waals surface area (Å²) in [5.41, 5.74) is 22.1. The number of carboxylic acid groups (broad SMARTS) is 1. The zero-order valence-corrected chi connectivity index (χ0v) is 46.8. The van der Waals surface area contributed by atoms with Crippen molar-refractivity contribution in [2.75, 3.05) is 55.4 Å². The largest absolute Gasteiger partial charge is 0.480 e. The summed E-state index contributed by atoms with van der Waals surface area (Å²) in [5, 5.41) is 31.2. The predicted molar refractivity (Wildman–Crippen MR) is 292 cm³/mol. The molecule has 1 saturated heterocycles. The Balaban J connectivity index is 3.07. The second kappa shape index (κ2) is 35.6. The fourth-order valence-corrected chi connectivity index (χ4v) is 8.39. The number of amides is 11. The first-order valence-corrected chi connectivity index (χ1v) is 27.6. The highest BCUT2D eigenvalue weighted by Crippen LogP contribution is 2.21. The molecule has 1 aliphatic heterocycles. The van der Waals surface area contributed by atoms with Gasteiger partial charge in [0.15, 0.2) is 5.96 Å². The number of carboxylic acids is 1. The minimum Gasteiger partial charge on any atom is -0.480 e. The Morgan fingerprint density at radius 2 is 1.13 bits per heavy atom. The first kappa shape index (κ1) is 68.3. The van der Waals surface area contributed by atoms with Crippen LogP contribution in [0, 0.1) is 11.8 Å². The van der Waals surface area contributed by atoms with Crippen LogP contribution in [0.3, 0.4) is 0 Å². The van der Waals surface area contributed by atoms with Crippen molar-refractivity contribution in [2.24, 2.45) is 39.8 Å². The van der Waals surface area contributed by atoms with E-state index in [1.165, 1.54) is 16.7 Å². The third-order valence-electron chi connectivity index (χ3n) is 11.4. The standard InChI is InChI=1S/C44H77N15O13S4/c1-21(2)14-25(55-41(69)30-9-7-12-59(30)42(70)34(46)22(3)4)38(66)54-24(10-13-76-5)37(65)53-23(8-6-11-49-44(47)48)36(64)57-27(18-73)35(63)51-16-32(61)50-17-33(62)52-28(19-74)39(67)58-29(20-75)40(68)56-26(43(71)72)15-31(45)60/h21-30,34,73-75H,6-20,46H2,1-5H3,(H2,45,60)(H,50,61)(H,51,63)(H,52,62)(H,53,65)(H,54,66)(H,55,69)(H,56,68)(H,57,64)(H,58,67)(H,71,72)(H4,47,48,49)/t23-,24-,25-,26-,27-,28-,29-,30-,34-/m0/s1. The number of aliphatic carboxylic acids is 1. The number of thiol groups is 3. The number of carbonyl (C=O) groups is 12. The molecule has 76 heavy (non-hydrogen) atoms. The Hall–Kier alpha value is -5.73. The van der Waals surface area contributed by atoms with Gasteiger partial charge in [0.1, 0.15) is 48.3 Å². The molecule has 430 valence electrons. The van der Waals surface area contributed by atoms with Gasteiger partial charge < -0.3 is 80.8 Å². The lowest BCUT2D eigenvalue weighted by molar-refractivity contribution is -0.143. The third kappa shape index (κ3) is 25.0. The maximum atomic E-state index is 14.0. The van der Waals surface area contributed by atoms with Crippen molar-refractivity contribution in [1.82, 2.24) is 52.8 Å². The summed E-state index contributed by atoms with van der Waals surface area (Å²) in [5.74, 6) is -11.4. The number of likely N-dealkylation sites (tertiary alicyclic amines) is 1. The quantitative estimate of drug-likeness (QED) is 0.0122. The van der Waals surface area contributed by atoms with E-state index in [1.807, 2.05) is 13.8 Å². The molecule has 0 bridgehead atoms. The molecule has 9 atom stereocenters. The first-order valence-electron chi connectivity index (χ1n) is 24.3. The number of guanidine groups is 1. The van der Waals surface area contributed by atoms with Crippen molar-refractivity contribution in [1.29, 1.82) is 0 Å². The molecular weight excluding hydrogens is 1070 g/mol. The Bertz CT molecular complexity index is 2070. The lowest BCUT2D eigenvalue weighted by Crippen LogP contribution is -2.60. The molecule has 0 saturated carbocycles. The van der Waals surface area contributed by atoms with Gasteiger partial charge in [0, 0.05) is 30.3 Å². The molecule has 18 N–H and O–H groups in total. The molecular formula is C44H77N15O13S4. The van der Waals surface area contributed by atoms with Gasteiger partial charge in [-0.1, -0.05) is 27.7 Å². The predicted octanol–water partition coefficient (Wildman–Crippen LogP) is -5.81. The number of rotatable bonds is 35. The lowest BCUT2D eigenvalue weighted by Gasteiger charge is -2.30. The number of hydrogen-bond donors (Lipinski definition) is 17. The second-order valence-corrected chi connectivity index (χ2v) is 20.4. The van der Waals surface area contributed by atoms with Gasteiger partial charge in [0.05, 0.1) is 25.6 Å². The van der Waals surface area contributed by atoms with Crippen LogP contribution in [0.25, 0.3) is 0 Å². The molecule has 1 fully saturated rings. The SMILES string of the molecule is CSCC[C@H](NC(=O)[C@H](CC(C)C)NC(=O)[C@@H]1CCCN1C(=O)[C@@H](N)C(C)C)C(=O)N[C@@H](CCCN=C(N)N)C(=O)N[C@@H](CS)C(=O)NCC(=O)NCC(=O)N[C@@H](CS)C(=O)N[C@@H](CS)C(=O)N[C@@H](CC(N)=O)C(=O)O. The summed E-state index contributed by atoms with van der Waals surface area (Å²) in [4.78, 5) is 161. The van der Waals surface area contributed by atoms with Crippen LogP contribution in [0.2, 0.25) is 0 Å². The Kier molecular flexibility index (Phi) is 32.0. The fourth-order valence-electron chi connectivity index (χ4n) is 7.15. The summed E-state index contributed by atoms with van der Waals surface area (Å²) in [6, 6.07) is -11.2. The third-order valence-corrected chi connectivity index (χ3v) is 13.1. The summed E-state index contributed by atoms with van der Waals surface area (Å²) in [7, 11) is 0. The monoisotopic (exact) mass is 1150 g/mol. The molecule has 32 heteroatoms. The van der Waals surface area contributed by atoms with Crippen LogP contribution in [0.15, 0.2) is 4.99 Å². The van der Waals surface area contributed by atoms with E-state index in [0.717, 1.165) is 0 Å². The van der Waals surface area contributed by atoms with E-state index < -0.39 is 139 Å². The van der Waals surface area contributed by atoms with Crippen LogP contribution in [0.1, 0.15) is 72.6 Å². The van der Waals surface area contributed by atoms with Gasteiger partial charge in [-0.2, -0.15) is 49.6 Å². The van der Waals surface area contributed by atoms with Gasteiger partial charge in [-0.15, -0.1) is 0 Å². The normalized spacial score (nSPS) is 16.2. The zero-order chi connectivity index (χ0) is 57.8. The van der Waals surface area contributed by atoms with Crippen molar-refractivity contribution >= 4 is 127 Å². The van der Waals surface area contributed by atoms with Crippen molar-refractivity contribution in [2.45, 2.75) is 127 Å². The van der Waals surface area contributed by atoms with Gasteiger partial charge in [0.2, 0.25) is 65.0 Å². The molecule has 0 radical (unpaired) electrons. The van der Waals surface area contributed by atoms with Crippen molar-refractivity contribution in [3.8, 4) is 0 Å². The van der Waals surface area contributed by atoms with E-state index in [2.05, 4.69) is 90.7 Å². The fraction of sp³-hybridized carbons (Fsp3) is 0.705. The molecule has 1 rings (SSSR count). The zero-order valence-electron chi connectivity index (χ0n) is 43.3. The number of carbonyl (C=O) groups excluding carboxylic acids is 11. The van der Waals surface area contributed by atoms with E-state index in [4.69, 9.17) is 22.9 Å². The van der Waals surface area contributed by atoms with Crippen LogP contribution in [0.5, 0.6) is 0 Å². The summed E-state index contributed by atoms with van der Waals surface area (Å²) in [6.07, 6.45) is 2.39. The van der Waals surface area contributed by atoms with Crippen molar-refractivity contribution < 1.29 is 62.6 Å². The van der Waals surface area contributed by atoms with Crippen LogP contribution >= 0.6 is 49.6 Å². The van der Waals surface area contributed by atoms with Crippen LogP contribution in [-0.4, -0.2) is 197 Å². The van der Waals surface area contributed by atoms with Gasteiger partial charge in [-0.25, -0.2) is 4.79 Å². The lowest BCUT2D eigenvalue weighted by atomic mass is 10.0. The van der Waals surface area contributed by atoms with Crippen molar-refractivity contribution in [3.05, 3.63) is 0 Å². The number of aliphatic imine (C=N–C) groups is 1. The van der Waals surface area contributed by atoms with Crippen LogP contribution < -0.4 is 70.8 Å². The summed E-state index contributed by atoms with van der Waals surface area (Å²) >= 11 is 13.6. The maximum absolute atomic E-state index is 14.0. The van der Waals surface area contributed by atoms with Gasteiger partial charge in [0.25, 0.3) is 0 Å².